The Morgan fingerprint density at radius 2 is 1.79 bits per heavy atom. The quantitative estimate of drug-likeness (QED) is 0.325. The fourth-order valence-electron chi connectivity index (χ4n) is 4.11. The minimum absolute atomic E-state index is 0.0185. The Kier molecular flexibility index (Phi) is 5.62. The zero-order valence-corrected chi connectivity index (χ0v) is 19.4. The number of nitrogens with zero attached hydrogens (tertiary/aromatic N) is 1. The van der Waals surface area contributed by atoms with Gasteiger partial charge in [0.15, 0.2) is 0 Å². The molecule has 0 spiro atoms. The molecule has 4 rings (SSSR count). The molecule has 1 amide bonds. The second-order valence-electron chi connectivity index (χ2n) is 9.14. The van der Waals surface area contributed by atoms with Crippen molar-refractivity contribution in [1.82, 2.24) is 0 Å². The maximum absolute atomic E-state index is 13.3. The van der Waals surface area contributed by atoms with E-state index in [1.54, 1.807) is 36.4 Å². The van der Waals surface area contributed by atoms with Crippen LogP contribution in [0.2, 0.25) is 0 Å². The Bertz CT molecular complexity index is 1250. The van der Waals surface area contributed by atoms with Crippen molar-refractivity contribution >= 4 is 23.1 Å². The average Bonchev–Trinajstić information content (AvgIpc) is 3.40. The maximum Gasteiger partial charge on any atom is 0.300 e. The molecule has 6 heteroatoms. The molecule has 0 saturated carbocycles. The van der Waals surface area contributed by atoms with Crippen molar-refractivity contribution in [2.24, 2.45) is 0 Å². The van der Waals surface area contributed by atoms with Gasteiger partial charge in [-0.05, 0) is 53.8 Å². The molecule has 0 bridgehead atoms. The van der Waals surface area contributed by atoms with E-state index in [0.717, 1.165) is 11.1 Å². The fourth-order valence-corrected chi connectivity index (χ4v) is 4.11. The third-order valence-corrected chi connectivity index (χ3v) is 5.96. The second-order valence-corrected chi connectivity index (χ2v) is 9.14. The molecular weight excluding hydrogens is 418 g/mol. The largest absolute Gasteiger partial charge is 0.507 e. The number of hydrogen-bond donors (Lipinski definition) is 1. The summed E-state index contributed by atoms with van der Waals surface area (Å²) in [6.45, 7) is 8.08. The van der Waals surface area contributed by atoms with Crippen LogP contribution in [0.15, 0.2) is 70.9 Å². The summed E-state index contributed by atoms with van der Waals surface area (Å²) in [5.74, 6) is -0.962. The van der Waals surface area contributed by atoms with Crippen LogP contribution >= 0.6 is 0 Å². The summed E-state index contributed by atoms with van der Waals surface area (Å²) in [5, 5.41) is 11.4. The first-order valence-electron chi connectivity index (χ1n) is 10.7. The van der Waals surface area contributed by atoms with Gasteiger partial charge in [-0.2, -0.15) is 0 Å². The summed E-state index contributed by atoms with van der Waals surface area (Å²) in [7, 11) is 1.50. The van der Waals surface area contributed by atoms with E-state index in [2.05, 4.69) is 20.8 Å². The van der Waals surface area contributed by atoms with Crippen LogP contribution < -0.4 is 9.64 Å². The zero-order valence-electron chi connectivity index (χ0n) is 19.4. The molecule has 0 radical (unpaired) electrons. The van der Waals surface area contributed by atoms with Crippen LogP contribution in [0, 0.1) is 6.92 Å². The molecule has 6 nitrogen and oxygen atoms in total. The Hall–Kier alpha value is -3.80. The summed E-state index contributed by atoms with van der Waals surface area (Å²) in [4.78, 5) is 27.9. The number of hydrogen-bond acceptors (Lipinski definition) is 5. The molecule has 2 aromatic carbocycles. The number of amides is 1. The molecule has 1 aliphatic rings. The highest BCUT2D eigenvalue weighted by molar-refractivity contribution is 6.51. The van der Waals surface area contributed by atoms with E-state index < -0.39 is 17.7 Å². The molecule has 1 saturated heterocycles. The molecule has 1 N–H and O–H groups in total. The Balaban J connectivity index is 1.97. The number of anilines is 1. The number of aliphatic hydroxyl groups is 1. The fraction of sp³-hybridized carbons (Fsp3) is 0.259. The molecule has 170 valence electrons. The van der Waals surface area contributed by atoms with Crippen LogP contribution in [0.5, 0.6) is 5.75 Å². The maximum atomic E-state index is 13.3. The smallest absolute Gasteiger partial charge is 0.300 e. The number of ether oxygens (including phenoxy) is 1. The van der Waals surface area contributed by atoms with Crippen LogP contribution in [-0.2, 0) is 15.0 Å². The Morgan fingerprint density at radius 3 is 2.42 bits per heavy atom. The van der Waals surface area contributed by atoms with Gasteiger partial charge < -0.3 is 14.3 Å². The standard InChI is InChI=1S/C27H27NO5/c1-16-12-13-17(27(2,3)4)15-18(16)24(29)22-23(21-11-8-14-33-21)28(26(31)25(22)30)19-9-6-7-10-20(19)32-5/h6-15,23,29H,1-5H3/b24-22+. The lowest BCUT2D eigenvalue weighted by Gasteiger charge is -2.25. The Labute approximate surface area is 193 Å². The summed E-state index contributed by atoms with van der Waals surface area (Å²) in [6, 6.07) is 15.2. The molecule has 1 aliphatic heterocycles. The highest BCUT2D eigenvalue weighted by Gasteiger charge is 2.49. The number of para-hydroxylation sites is 2. The predicted octanol–water partition coefficient (Wildman–Crippen LogP) is 5.52. The third-order valence-electron chi connectivity index (χ3n) is 5.96. The van der Waals surface area contributed by atoms with Gasteiger partial charge >= 0.3 is 0 Å². The van der Waals surface area contributed by atoms with Crippen LogP contribution in [0.3, 0.4) is 0 Å². The van der Waals surface area contributed by atoms with Crippen molar-refractivity contribution < 1.29 is 23.8 Å². The van der Waals surface area contributed by atoms with E-state index in [4.69, 9.17) is 9.15 Å². The second kappa shape index (κ2) is 8.28. The molecule has 1 atom stereocenters. The van der Waals surface area contributed by atoms with E-state index in [1.807, 2.05) is 25.1 Å². The number of Topliss-reactive ketones (excluding diaryl/α,β-unsaturated/α-hetero) is 1. The van der Waals surface area contributed by atoms with Gasteiger partial charge in [-0.15, -0.1) is 0 Å². The lowest BCUT2D eigenvalue weighted by molar-refractivity contribution is -0.132. The van der Waals surface area contributed by atoms with Crippen molar-refractivity contribution in [2.75, 3.05) is 12.0 Å². The van der Waals surface area contributed by atoms with Gasteiger partial charge in [-0.1, -0.05) is 45.0 Å². The van der Waals surface area contributed by atoms with Gasteiger partial charge in [0.2, 0.25) is 0 Å². The number of aliphatic hydroxyl groups excluding tert-OH is 1. The number of carbonyl (C=O) groups is 2. The molecule has 1 fully saturated rings. The average molecular weight is 446 g/mol. The Morgan fingerprint density at radius 1 is 1.06 bits per heavy atom. The highest BCUT2D eigenvalue weighted by atomic mass is 16.5. The summed E-state index contributed by atoms with van der Waals surface area (Å²) in [5.41, 5.74) is 2.55. The van der Waals surface area contributed by atoms with Gasteiger partial charge in [0.25, 0.3) is 11.7 Å². The minimum atomic E-state index is -0.936. The first-order valence-corrected chi connectivity index (χ1v) is 10.7. The van der Waals surface area contributed by atoms with Crippen molar-refractivity contribution in [2.45, 2.75) is 39.2 Å². The van der Waals surface area contributed by atoms with Crippen LogP contribution in [0.1, 0.15) is 49.3 Å². The van der Waals surface area contributed by atoms with Gasteiger partial charge in [-0.3, -0.25) is 14.5 Å². The third kappa shape index (κ3) is 3.82. The molecule has 1 unspecified atom stereocenters. The molecule has 33 heavy (non-hydrogen) atoms. The summed E-state index contributed by atoms with van der Waals surface area (Å²) < 4.78 is 11.1. The predicted molar refractivity (Wildman–Crippen MR) is 126 cm³/mol. The number of aryl methyl sites for hydroxylation is 1. The van der Waals surface area contributed by atoms with Gasteiger partial charge in [0, 0.05) is 5.56 Å². The van der Waals surface area contributed by atoms with Crippen molar-refractivity contribution in [3.63, 3.8) is 0 Å². The first kappa shape index (κ1) is 22.4. The monoisotopic (exact) mass is 445 g/mol. The van der Waals surface area contributed by atoms with Crippen LogP contribution in [0.4, 0.5) is 5.69 Å². The molecular formula is C27H27NO5. The topological polar surface area (TPSA) is 80.0 Å². The lowest BCUT2D eigenvalue weighted by Crippen LogP contribution is -2.29. The number of furan rings is 1. The van der Waals surface area contributed by atoms with Crippen molar-refractivity contribution in [3.05, 3.63) is 88.9 Å². The molecule has 0 aliphatic carbocycles. The van der Waals surface area contributed by atoms with Crippen LogP contribution in [0.25, 0.3) is 5.76 Å². The number of methoxy groups -OCH3 is 1. The van der Waals surface area contributed by atoms with Gasteiger partial charge in [-0.25, -0.2) is 0 Å². The van der Waals surface area contributed by atoms with E-state index in [1.165, 1.54) is 18.3 Å². The van der Waals surface area contributed by atoms with Crippen molar-refractivity contribution in [1.29, 1.82) is 0 Å². The van der Waals surface area contributed by atoms with Gasteiger partial charge in [0.1, 0.15) is 23.3 Å². The number of benzene rings is 2. The normalized spacial score (nSPS) is 18.1. The minimum Gasteiger partial charge on any atom is -0.507 e. The molecule has 1 aromatic heterocycles. The number of rotatable bonds is 4. The van der Waals surface area contributed by atoms with Crippen molar-refractivity contribution in [3.8, 4) is 5.75 Å². The van der Waals surface area contributed by atoms with E-state index in [0.29, 0.717) is 22.8 Å². The summed E-state index contributed by atoms with van der Waals surface area (Å²) in [6.07, 6.45) is 1.48. The number of ketones is 1. The van der Waals surface area contributed by atoms with E-state index in [-0.39, 0.29) is 16.7 Å². The number of carbonyl (C=O) groups excluding carboxylic acids is 2. The van der Waals surface area contributed by atoms with E-state index in [9.17, 15) is 14.7 Å². The summed E-state index contributed by atoms with van der Waals surface area (Å²) >= 11 is 0. The first-order chi connectivity index (χ1) is 15.6. The highest BCUT2D eigenvalue weighted by Crippen LogP contribution is 2.45. The zero-order chi connectivity index (χ0) is 23.9. The SMILES string of the molecule is COc1ccccc1N1C(=O)C(=O)/C(=C(/O)c2cc(C(C)(C)C)ccc2C)C1c1ccco1. The van der Waals surface area contributed by atoms with E-state index >= 15 is 0 Å². The lowest BCUT2D eigenvalue weighted by atomic mass is 9.84. The van der Waals surface area contributed by atoms with Crippen LogP contribution in [-0.4, -0.2) is 23.9 Å². The molecule has 2 heterocycles. The molecule has 3 aromatic rings. The van der Waals surface area contributed by atoms with Gasteiger partial charge in [0.05, 0.1) is 24.6 Å².